The average molecular weight is 342 g/mol. The SMILES string of the molecule is COc1cc2c(Oc3ccc([N+](=O)[O-])c(OC)c3)ccnc2cc1O. The molecular formula is C17H14N2O6. The van der Waals surface area contributed by atoms with Crippen LogP contribution in [-0.4, -0.2) is 29.2 Å². The van der Waals surface area contributed by atoms with Crippen LogP contribution in [0.15, 0.2) is 42.6 Å². The number of aromatic nitrogens is 1. The number of rotatable bonds is 5. The second-order valence-corrected chi connectivity index (χ2v) is 5.04. The Balaban J connectivity index is 2.05. The number of phenolic OH excluding ortho intramolecular Hbond substituents is 1. The summed E-state index contributed by atoms with van der Waals surface area (Å²) in [5.74, 6) is 1.17. The summed E-state index contributed by atoms with van der Waals surface area (Å²) in [5.41, 5.74) is 0.366. The van der Waals surface area contributed by atoms with Crippen molar-refractivity contribution in [1.82, 2.24) is 4.98 Å². The first-order valence-corrected chi connectivity index (χ1v) is 7.19. The number of pyridine rings is 1. The smallest absolute Gasteiger partial charge is 0.311 e. The van der Waals surface area contributed by atoms with Crippen LogP contribution in [0.1, 0.15) is 0 Å². The molecule has 0 unspecified atom stereocenters. The largest absolute Gasteiger partial charge is 0.504 e. The molecule has 0 aliphatic heterocycles. The van der Waals surface area contributed by atoms with Crippen molar-refractivity contribution < 1.29 is 24.2 Å². The van der Waals surface area contributed by atoms with Gasteiger partial charge in [0.2, 0.25) is 5.75 Å². The van der Waals surface area contributed by atoms with Crippen LogP contribution in [0, 0.1) is 10.1 Å². The molecule has 1 heterocycles. The highest BCUT2D eigenvalue weighted by Crippen LogP contribution is 2.38. The van der Waals surface area contributed by atoms with E-state index in [-0.39, 0.29) is 22.9 Å². The lowest BCUT2D eigenvalue weighted by Gasteiger charge is -2.11. The molecule has 128 valence electrons. The van der Waals surface area contributed by atoms with Gasteiger partial charge in [-0.05, 0) is 18.2 Å². The topological polar surface area (TPSA) is 104 Å². The van der Waals surface area contributed by atoms with Gasteiger partial charge in [-0.25, -0.2) is 0 Å². The van der Waals surface area contributed by atoms with Gasteiger partial charge in [0.25, 0.3) is 0 Å². The third-order valence-corrected chi connectivity index (χ3v) is 3.58. The van der Waals surface area contributed by atoms with E-state index < -0.39 is 4.92 Å². The van der Waals surface area contributed by atoms with E-state index in [0.717, 1.165) is 0 Å². The molecule has 0 atom stereocenters. The number of hydrogen-bond acceptors (Lipinski definition) is 7. The van der Waals surface area contributed by atoms with E-state index in [0.29, 0.717) is 22.4 Å². The van der Waals surface area contributed by atoms with Crippen molar-refractivity contribution >= 4 is 16.6 Å². The van der Waals surface area contributed by atoms with Crippen LogP contribution in [-0.2, 0) is 0 Å². The Hall–Kier alpha value is -3.55. The predicted molar refractivity (Wildman–Crippen MR) is 89.7 cm³/mol. The van der Waals surface area contributed by atoms with E-state index in [1.54, 1.807) is 12.1 Å². The number of nitro benzene ring substituents is 1. The first-order valence-electron chi connectivity index (χ1n) is 7.19. The molecule has 1 N–H and O–H groups in total. The van der Waals surface area contributed by atoms with Crippen LogP contribution in [0.5, 0.6) is 28.7 Å². The highest BCUT2D eigenvalue weighted by atomic mass is 16.6. The summed E-state index contributed by atoms with van der Waals surface area (Å²) in [4.78, 5) is 14.6. The third-order valence-electron chi connectivity index (χ3n) is 3.58. The molecule has 0 amide bonds. The summed E-state index contributed by atoms with van der Waals surface area (Å²) in [5, 5.41) is 21.4. The maximum atomic E-state index is 11.0. The summed E-state index contributed by atoms with van der Waals surface area (Å²) in [6.07, 6.45) is 1.53. The lowest BCUT2D eigenvalue weighted by atomic mass is 10.2. The zero-order chi connectivity index (χ0) is 18.0. The Morgan fingerprint density at radius 2 is 1.80 bits per heavy atom. The molecule has 0 radical (unpaired) electrons. The molecule has 0 spiro atoms. The van der Waals surface area contributed by atoms with Gasteiger partial charge in [0.05, 0.1) is 24.7 Å². The molecule has 25 heavy (non-hydrogen) atoms. The summed E-state index contributed by atoms with van der Waals surface area (Å²) in [7, 11) is 2.79. The molecule has 8 heteroatoms. The minimum Gasteiger partial charge on any atom is -0.504 e. The molecule has 0 bridgehead atoms. The number of aromatic hydroxyl groups is 1. The minimum atomic E-state index is -0.530. The molecule has 0 saturated carbocycles. The van der Waals surface area contributed by atoms with E-state index in [4.69, 9.17) is 14.2 Å². The standard InChI is InChI=1S/C17H14N2O6/c1-23-16-7-10(3-4-13(16)19(21)22)25-15-5-6-18-12-9-14(20)17(24-2)8-11(12)15/h3-9,20H,1-2H3. The number of phenols is 1. The Morgan fingerprint density at radius 3 is 2.48 bits per heavy atom. The number of nitrogens with zero attached hydrogens (tertiary/aromatic N) is 2. The van der Waals surface area contributed by atoms with Crippen molar-refractivity contribution in [2.45, 2.75) is 0 Å². The molecular weight excluding hydrogens is 328 g/mol. The molecule has 0 saturated heterocycles. The van der Waals surface area contributed by atoms with Crippen LogP contribution in [0.3, 0.4) is 0 Å². The predicted octanol–water partition coefficient (Wildman–Crippen LogP) is 3.66. The maximum absolute atomic E-state index is 11.0. The van der Waals surface area contributed by atoms with E-state index >= 15 is 0 Å². The maximum Gasteiger partial charge on any atom is 0.311 e. The third kappa shape index (κ3) is 3.09. The Kier molecular flexibility index (Phi) is 4.25. The van der Waals surface area contributed by atoms with Crippen LogP contribution in [0.4, 0.5) is 5.69 Å². The molecule has 3 aromatic rings. The van der Waals surface area contributed by atoms with Crippen LogP contribution >= 0.6 is 0 Å². The Bertz CT molecular complexity index is 957. The van der Waals surface area contributed by atoms with Crippen molar-refractivity contribution in [1.29, 1.82) is 0 Å². The fourth-order valence-corrected chi connectivity index (χ4v) is 2.39. The van der Waals surface area contributed by atoms with Crippen LogP contribution in [0.25, 0.3) is 10.9 Å². The quantitative estimate of drug-likeness (QED) is 0.557. The van der Waals surface area contributed by atoms with Crippen LogP contribution in [0.2, 0.25) is 0 Å². The lowest BCUT2D eigenvalue weighted by Crippen LogP contribution is -1.95. The van der Waals surface area contributed by atoms with Gasteiger partial charge in [-0.3, -0.25) is 15.1 Å². The molecule has 0 aliphatic carbocycles. The first kappa shape index (κ1) is 16.3. The highest BCUT2D eigenvalue weighted by Gasteiger charge is 2.16. The van der Waals surface area contributed by atoms with Gasteiger partial charge in [0, 0.05) is 29.8 Å². The van der Waals surface area contributed by atoms with E-state index in [2.05, 4.69) is 4.98 Å². The van der Waals surface area contributed by atoms with Crippen molar-refractivity contribution in [3.8, 4) is 28.7 Å². The summed E-state index contributed by atoms with van der Waals surface area (Å²) >= 11 is 0. The zero-order valence-electron chi connectivity index (χ0n) is 13.4. The van der Waals surface area contributed by atoms with Crippen molar-refractivity contribution in [2.24, 2.45) is 0 Å². The average Bonchev–Trinajstić information content (AvgIpc) is 2.61. The second kappa shape index (κ2) is 6.52. The van der Waals surface area contributed by atoms with E-state index in [1.807, 2.05) is 0 Å². The Morgan fingerprint density at radius 1 is 1.04 bits per heavy atom. The van der Waals surface area contributed by atoms with Crippen molar-refractivity contribution in [2.75, 3.05) is 14.2 Å². The van der Waals surface area contributed by atoms with Gasteiger partial charge in [-0.15, -0.1) is 0 Å². The molecule has 1 aromatic heterocycles. The fraction of sp³-hybridized carbons (Fsp3) is 0.118. The lowest BCUT2D eigenvalue weighted by molar-refractivity contribution is -0.385. The monoisotopic (exact) mass is 342 g/mol. The molecule has 2 aromatic carbocycles. The zero-order valence-corrected chi connectivity index (χ0v) is 13.4. The highest BCUT2D eigenvalue weighted by molar-refractivity contribution is 5.88. The fourth-order valence-electron chi connectivity index (χ4n) is 2.39. The van der Waals surface area contributed by atoms with E-state index in [9.17, 15) is 15.2 Å². The molecule has 0 fully saturated rings. The van der Waals surface area contributed by atoms with Crippen molar-refractivity contribution in [3.05, 3.63) is 52.7 Å². The molecule has 8 nitrogen and oxygen atoms in total. The summed E-state index contributed by atoms with van der Waals surface area (Å²) < 4.78 is 16.0. The summed E-state index contributed by atoms with van der Waals surface area (Å²) in [6, 6.07) is 8.94. The van der Waals surface area contributed by atoms with Gasteiger partial charge in [0.1, 0.15) is 11.5 Å². The van der Waals surface area contributed by atoms with Gasteiger partial charge in [0.15, 0.2) is 11.5 Å². The normalized spacial score (nSPS) is 10.5. The number of nitro groups is 1. The number of benzene rings is 2. The van der Waals surface area contributed by atoms with Gasteiger partial charge in [-0.1, -0.05) is 0 Å². The van der Waals surface area contributed by atoms with Gasteiger partial charge >= 0.3 is 5.69 Å². The number of ether oxygens (including phenoxy) is 3. The van der Waals surface area contributed by atoms with Gasteiger partial charge < -0.3 is 19.3 Å². The number of methoxy groups -OCH3 is 2. The number of fused-ring (bicyclic) bond motifs is 1. The van der Waals surface area contributed by atoms with Gasteiger partial charge in [-0.2, -0.15) is 0 Å². The second-order valence-electron chi connectivity index (χ2n) is 5.04. The van der Waals surface area contributed by atoms with Crippen molar-refractivity contribution in [3.63, 3.8) is 0 Å². The van der Waals surface area contributed by atoms with E-state index in [1.165, 1.54) is 44.7 Å². The first-order chi connectivity index (χ1) is 12.0. The molecule has 3 rings (SSSR count). The summed E-state index contributed by atoms with van der Waals surface area (Å²) in [6.45, 7) is 0. The Labute approximate surface area is 142 Å². The number of hydrogen-bond donors (Lipinski definition) is 1. The molecule has 0 aliphatic rings. The van der Waals surface area contributed by atoms with Crippen LogP contribution < -0.4 is 14.2 Å². The minimum absolute atomic E-state index is 0.0309.